The number of Topliss-reactive ketones (excluding diaryl/α,β-unsaturated/α-hetero) is 1. The molecule has 0 spiro atoms. The number of rotatable bonds is 14. The minimum atomic E-state index is -0.574. The van der Waals surface area contributed by atoms with Gasteiger partial charge in [0.15, 0.2) is 0 Å². The molecule has 2 aromatic rings. The summed E-state index contributed by atoms with van der Waals surface area (Å²) < 4.78 is 1.68. The molecule has 8 nitrogen and oxygen atoms in total. The normalized spacial score (nSPS) is 15.5. The fourth-order valence-electron chi connectivity index (χ4n) is 4.46. The van der Waals surface area contributed by atoms with Crippen LogP contribution in [0.2, 0.25) is 0 Å². The fraction of sp³-hybridized carbons (Fsp3) is 0.556. The van der Waals surface area contributed by atoms with Crippen LogP contribution in [-0.2, 0) is 27.5 Å². The van der Waals surface area contributed by atoms with Crippen LogP contribution >= 0.6 is 0 Å². The number of unbranched alkanes of at least 4 members (excludes halogenated alkanes) is 2. The van der Waals surface area contributed by atoms with E-state index >= 15 is 0 Å². The Morgan fingerprint density at radius 1 is 1.09 bits per heavy atom. The van der Waals surface area contributed by atoms with E-state index in [9.17, 15) is 14.4 Å². The van der Waals surface area contributed by atoms with Gasteiger partial charge in [-0.25, -0.2) is 4.98 Å². The topological polar surface area (TPSA) is 96.3 Å². The molecule has 2 N–H and O–H groups in total. The predicted octanol–water partition coefficient (Wildman–Crippen LogP) is 3.08. The van der Waals surface area contributed by atoms with Crippen LogP contribution in [-0.4, -0.2) is 57.2 Å². The van der Waals surface area contributed by atoms with Gasteiger partial charge < -0.3 is 15.2 Å². The molecule has 1 aliphatic heterocycles. The van der Waals surface area contributed by atoms with E-state index in [0.717, 1.165) is 51.7 Å². The van der Waals surface area contributed by atoms with Crippen molar-refractivity contribution in [2.24, 2.45) is 0 Å². The van der Waals surface area contributed by atoms with Crippen LogP contribution in [0.15, 0.2) is 49.1 Å². The van der Waals surface area contributed by atoms with Crippen molar-refractivity contribution in [3.05, 3.63) is 54.6 Å². The van der Waals surface area contributed by atoms with Gasteiger partial charge in [0.05, 0.1) is 6.33 Å². The summed E-state index contributed by atoms with van der Waals surface area (Å²) in [6.45, 7) is 4.80. The van der Waals surface area contributed by atoms with E-state index in [1.165, 1.54) is 5.56 Å². The molecule has 0 radical (unpaired) electrons. The van der Waals surface area contributed by atoms with Crippen LogP contribution < -0.4 is 10.6 Å². The number of benzene rings is 1. The molecular weight excluding hydrogens is 442 g/mol. The molecule has 0 saturated carbocycles. The van der Waals surface area contributed by atoms with Crippen LogP contribution in [0.1, 0.15) is 63.9 Å². The van der Waals surface area contributed by atoms with Gasteiger partial charge >= 0.3 is 0 Å². The minimum Gasteiger partial charge on any atom is -0.351 e. The van der Waals surface area contributed by atoms with Crippen LogP contribution in [0.25, 0.3) is 0 Å². The molecule has 1 atom stereocenters. The van der Waals surface area contributed by atoms with Crippen LogP contribution in [0.5, 0.6) is 0 Å². The Morgan fingerprint density at radius 2 is 1.86 bits per heavy atom. The van der Waals surface area contributed by atoms with Gasteiger partial charge in [-0.15, -0.1) is 0 Å². The number of nitrogens with zero attached hydrogens (tertiary/aromatic N) is 3. The quantitative estimate of drug-likeness (QED) is 0.404. The van der Waals surface area contributed by atoms with Gasteiger partial charge in [-0.1, -0.05) is 50.1 Å². The average Bonchev–Trinajstić information content (AvgIpc) is 3.37. The first kappa shape index (κ1) is 26.6. The summed E-state index contributed by atoms with van der Waals surface area (Å²) in [5.41, 5.74) is 1.30. The zero-order valence-corrected chi connectivity index (χ0v) is 20.8. The van der Waals surface area contributed by atoms with Crippen molar-refractivity contribution in [2.75, 3.05) is 13.1 Å². The number of likely N-dealkylation sites (tertiary alicyclic amines) is 1. The van der Waals surface area contributed by atoms with Crippen molar-refractivity contribution in [1.82, 2.24) is 25.1 Å². The Morgan fingerprint density at radius 3 is 2.54 bits per heavy atom. The predicted molar refractivity (Wildman–Crippen MR) is 135 cm³/mol. The lowest BCUT2D eigenvalue weighted by Gasteiger charge is -2.33. The molecule has 0 aliphatic carbocycles. The van der Waals surface area contributed by atoms with Gasteiger partial charge in [0.2, 0.25) is 11.8 Å². The first-order valence-corrected chi connectivity index (χ1v) is 12.9. The molecule has 1 aromatic carbocycles. The summed E-state index contributed by atoms with van der Waals surface area (Å²) in [5.74, 6) is -0.0522. The number of hydrogen-bond acceptors (Lipinski definition) is 5. The van der Waals surface area contributed by atoms with E-state index in [0.29, 0.717) is 19.3 Å². The Balaban J connectivity index is 1.46. The molecule has 2 heterocycles. The number of piperidine rings is 1. The Kier molecular flexibility index (Phi) is 11.0. The third-order valence-corrected chi connectivity index (χ3v) is 6.56. The third-order valence-electron chi connectivity index (χ3n) is 6.56. The maximum absolute atomic E-state index is 13.1. The standard InChI is InChI=1S/C27H39N5O3/c1-2-24(33)11-7-4-8-12-25(30-26(34)20-32-18-15-28-21-32)27(35)29-23-13-16-31(17-14-23)19-22-9-5-3-6-10-22/h3,5-6,9-10,15,18,21,23,25H,2,4,7-8,11-14,16-17,19-20H2,1H3,(H,29,35)(H,30,34). The number of carbonyl (C=O) groups is 3. The van der Waals surface area contributed by atoms with Gasteiger partial charge in [-0.3, -0.25) is 19.3 Å². The molecule has 1 aromatic heterocycles. The maximum Gasteiger partial charge on any atom is 0.242 e. The van der Waals surface area contributed by atoms with Crippen LogP contribution in [0.4, 0.5) is 0 Å². The lowest BCUT2D eigenvalue weighted by atomic mass is 10.0. The summed E-state index contributed by atoms with van der Waals surface area (Å²) in [6.07, 6.45) is 10.9. The van der Waals surface area contributed by atoms with Crippen molar-refractivity contribution >= 4 is 17.6 Å². The molecule has 3 rings (SSSR count). The van der Waals surface area contributed by atoms with E-state index in [1.807, 2.05) is 13.0 Å². The highest BCUT2D eigenvalue weighted by Gasteiger charge is 2.26. The van der Waals surface area contributed by atoms with Gasteiger partial charge in [0, 0.05) is 50.9 Å². The van der Waals surface area contributed by atoms with Crippen molar-refractivity contribution in [2.45, 2.75) is 83.5 Å². The highest BCUT2D eigenvalue weighted by atomic mass is 16.2. The Hall–Kier alpha value is -3.00. The highest BCUT2D eigenvalue weighted by Crippen LogP contribution is 2.15. The number of amides is 2. The maximum atomic E-state index is 13.1. The lowest BCUT2D eigenvalue weighted by molar-refractivity contribution is -0.130. The van der Waals surface area contributed by atoms with Gasteiger partial charge in [-0.2, -0.15) is 0 Å². The largest absolute Gasteiger partial charge is 0.351 e. The van der Waals surface area contributed by atoms with Gasteiger partial charge in [-0.05, 0) is 31.2 Å². The summed E-state index contributed by atoms with van der Waals surface area (Å²) in [5, 5.41) is 6.10. The monoisotopic (exact) mass is 481 g/mol. The molecule has 190 valence electrons. The number of hydrogen-bond donors (Lipinski definition) is 2. The average molecular weight is 482 g/mol. The number of carbonyl (C=O) groups excluding carboxylic acids is 3. The van der Waals surface area contributed by atoms with E-state index in [2.05, 4.69) is 44.8 Å². The van der Waals surface area contributed by atoms with Crippen LogP contribution in [0, 0.1) is 0 Å². The fourth-order valence-corrected chi connectivity index (χ4v) is 4.46. The van der Waals surface area contributed by atoms with Gasteiger partial charge in [0.25, 0.3) is 0 Å². The second kappa shape index (κ2) is 14.4. The second-order valence-electron chi connectivity index (χ2n) is 9.39. The molecule has 1 saturated heterocycles. The van der Waals surface area contributed by atoms with E-state index in [-0.39, 0.29) is 30.2 Å². The summed E-state index contributed by atoms with van der Waals surface area (Å²) in [6, 6.07) is 9.98. The summed E-state index contributed by atoms with van der Waals surface area (Å²) in [7, 11) is 0. The van der Waals surface area contributed by atoms with E-state index in [1.54, 1.807) is 23.3 Å². The summed E-state index contributed by atoms with van der Waals surface area (Å²) >= 11 is 0. The van der Waals surface area contributed by atoms with Crippen LogP contribution in [0.3, 0.4) is 0 Å². The molecule has 1 unspecified atom stereocenters. The third kappa shape index (κ3) is 9.64. The number of ketones is 1. The highest BCUT2D eigenvalue weighted by molar-refractivity contribution is 5.87. The number of nitrogens with one attached hydrogen (secondary N) is 2. The number of aromatic nitrogens is 2. The molecule has 1 fully saturated rings. The summed E-state index contributed by atoms with van der Waals surface area (Å²) in [4.78, 5) is 43.6. The molecule has 0 bridgehead atoms. The number of imidazole rings is 1. The minimum absolute atomic E-state index is 0.116. The molecule has 1 aliphatic rings. The zero-order chi connectivity index (χ0) is 24.9. The van der Waals surface area contributed by atoms with E-state index < -0.39 is 6.04 Å². The molecule has 35 heavy (non-hydrogen) atoms. The lowest BCUT2D eigenvalue weighted by Crippen LogP contribution is -2.52. The smallest absolute Gasteiger partial charge is 0.242 e. The molecule has 2 amide bonds. The molecular formula is C27H39N5O3. The Labute approximate surface area is 208 Å². The zero-order valence-electron chi connectivity index (χ0n) is 20.8. The second-order valence-corrected chi connectivity index (χ2v) is 9.39. The van der Waals surface area contributed by atoms with Crippen molar-refractivity contribution < 1.29 is 14.4 Å². The first-order chi connectivity index (χ1) is 17.0. The van der Waals surface area contributed by atoms with Gasteiger partial charge in [0.1, 0.15) is 18.4 Å². The van der Waals surface area contributed by atoms with E-state index in [4.69, 9.17) is 0 Å². The van der Waals surface area contributed by atoms with Crippen molar-refractivity contribution in [1.29, 1.82) is 0 Å². The SMILES string of the molecule is CCC(=O)CCCCCC(NC(=O)Cn1ccnc1)C(=O)NC1CCN(Cc2ccccc2)CC1. The molecule has 8 heteroatoms. The Bertz CT molecular complexity index is 908. The first-order valence-electron chi connectivity index (χ1n) is 12.9. The van der Waals surface area contributed by atoms with Crippen molar-refractivity contribution in [3.63, 3.8) is 0 Å². The van der Waals surface area contributed by atoms with Crippen molar-refractivity contribution in [3.8, 4) is 0 Å².